The number of hydrogen-bond donors (Lipinski definition) is 0. The lowest BCUT2D eigenvalue weighted by Gasteiger charge is -2.19. The topological polar surface area (TPSA) is 57.2 Å². The van der Waals surface area contributed by atoms with Crippen LogP contribution in [-0.4, -0.2) is 50.9 Å². The van der Waals surface area contributed by atoms with Crippen LogP contribution in [0.1, 0.15) is 35.7 Å². The smallest absolute Gasteiger partial charge is 0.254 e. The van der Waals surface area contributed by atoms with Crippen molar-refractivity contribution < 1.29 is 23.7 Å². The number of amides is 1. The summed E-state index contributed by atoms with van der Waals surface area (Å²) in [6, 6.07) is 13.0. The third kappa shape index (κ3) is 5.64. The van der Waals surface area contributed by atoms with E-state index in [0.29, 0.717) is 42.6 Å². The average Bonchev–Trinajstić information content (AvgIpc) is 3.27. The van der Waals surface area contributed by atoms with Crippen molar-refractivity contribution in [2.24, 2.45) is 0 Å². The molecule has 1 heterocycles. The Morgan fingerprint density at radius 2 is 2.03 bits per heavy atom. The minimum absolute atomic E-state index is 0.0691. The van der Waals surface area contributed by atoms with Crippen LogP contribution in [-0.2, 0) is 11.3 Å². The van der Waals surface area contributed by atoms with Crippen LogP contribution in [0.4, 0.5) is 0 Å². The van der Waals surface area contributed by atoms with Crippen LogP contribution in [0.2, 0.25) is 0 Å². The average molecular weight is 399 g/mol. The van der Waals surface area contributed by atoms with Gasteiger partial charge in [0.25, 0.3) is 5.91 Å². The number of rotatable bonds is 9. The van der Waals surface area contributed by atoms with Crippen LogP contribution in [0, 0.1) is 0 Å². The summed E-state index contributed by atoms with van der Waals surface area (Å²) in [6.07, 6.45) is 2.24. The van der Waals surface area contributed by atoms with E-state index in [1.807, 2.05) is 37.3 Å². The molecule has 6 heteroatoms. The summed E-state index contributed by atoms with van der Waals surface area (Å²) in [7, 11) is 3.39. The summed E-state index contributed by atoms with van der Waals surface area (Å²) in [4.78, 5) is 14.6. The molecule has 0 aromatic heterocycles. The quantitative estimate of drug-likeness (QED) is 0.640. The minimum atomic E-state index is -0.0691. The maximum absolute atomic E-state index is 12.9. The lowest BCUT2D eigenvalue weighted by Crippen LogP contribution is -2.26. The van der Waals surface area contributed by atoms with Crippen LogP contribution in [0.25, 0.3) is 0 Å². The standard InChI is InChI=1S/C23H29NO5/c1-4-27-21-11-10-17(13-22(21)26-3)15-24(2)23(25)18-7-5-8-19(14-18)29-16-20-9-6-12-28-20/h5,7-8,10-11,13-14,20H,4,6,9,12,15-16H2,1-3H3/t20-/m1/s1. The second-order valence-corrected chi connectivity index (χ2v) is 7.05. The van der Waals surface area contributed by atoms with Gasteiger partial charge in [-0.3, -0.25) is 4.79 Å². The van der Waals surface area contributed by atoms with E-state index in [1.165, 1.54) is 0 Å². The molecule has 2 aromatic carbocycles. The molecule has 2 aromatic rings. The van der Waals surface area contributed by atoms with Crippen molar-refractivity contribution in [3.8, 4) is 17.2 Å². The lowest BCUT2D eigenvalue weighted by molar-refractivity contribution is 0.0678. The molecule has 0 saturated carbocycles. The number of ether oxygens (including phenoxy) is 4. The molecule has 1 saturated heterocycles. The van der Waals surface area contributed by atoms with Gasteiger partial charge >= 0.3 is 0 Å². The highest BCUT2D eigenvalue weighted by Crippen LogP contribution is 2.28. The Morgan fingerprint density at radius 1 is 1.17 bits per heavy atom. The van der Waals surface area contributed by atoms with Crippen LogP contribution in [0.5, 0.6) is 17.2 Å². The summed E-state index contributed by atoms with van der Waals surface area (Å²) in [6.45, 7) is 4.27. The molecule has 1 aliphatic rings. The molecule has 0 aliphatic carbocycles. The molecule has 6 nitrogen and oxygen atoms in total. The van der Waals surface area contributed by atoms with Crippen molar-refractivity contribution in [1.82, 2.24) is 4.90 Å². The molecule has 1 fully saturated rings. The van der Waals surface area contributed by atoms with E-state index in [-0.39, 0.29) is 12.0 Å². The van der Waals surface area contributed by atoms with E-state index in [2.05, 4.69) is 0 Å². The van der Waals surface area contributed by atoms with Gasteiger partial charge in [0.15, 0.2) is 11.5 Å². The Kier molecular flexibility index (Phi) is 7.36. The van der Waals surface area contributed by atoms with E-state index in [0.717, 1.165) is 25.0 Å². The molecule has 3 rings (SSSR count). The molecule has 0 radical (unpaired) electrons. The van der Waals surface area contributed by atoms with Crippen molar-refractivity contribution >= 4 is 5.91 Å². The molecular weight excluding hydrogens is 370 g/mol. The van der Waals surface area contributed by atoms with Gasteiger partial charge in [0.1, 0.15) is 12.4 Å². The monoisotopic (exact) mass is 399 g/mol. The van der Waals surface area contributed by atoms with Crippen LogP contribution in [0.3, 0.4) is 0 Å². The first-order valence-electron chi connectivity index (χ1n) is 10.0. The Morgan fingerprint density at radius 3 is 2.76 bits per heavy atom. The van der Waals surface area contributed by atoms with Gasteiger partial charge in [-0.25, -0.2) is 0 Å². The third-order valence-electron chi connectivity index (χ3n) is 4.84. The number of carbonyl (C=O) groups is 1. The fourth-order valence-corrected chi connectivity index (χ4v) is 3.34. The molecule has 0 bridgehead atoms. The maximum Gasteiger partial charge on any atom is 0.254 e. The van der Waals surface area contributed by atoms with Gasteiger partial charge in [-0.2, -0.15) is 0 Å². The molecule has 1 aliphatic heterocycles. The molecule has 0 N–H and O–H groups in total. The highest BCUT2D eigenvalue weighted by molar-refractivity contribution is 5.94. The summed E-state index contributed by atoms with van der Waals surface area (Å²) < 4.78 is 22.3. The number of methoxy groups -OCH3 is 1. The lowest BCUT2D eigenvalue weighted by atomic mass is 10.1. The first-order chi connectivity index (χ1) is 14.1. The molecule has 0 spiro atoms. The summed E-state index contributed by atoms with van der Waals surface area (Å²) in [5.74, 6) is 1.97. The molecular formula is C23H29NO5. The van der Waals surface area contributed by atoms with Crippen LogP contribution >= 0.6 is 0 Å². The van der Waals surface area contributed by atoms with E-state index < -0.39 is 0 Å². The molecule has 1 atom stereocenters. The van der Waals surface area contributed by atoms with Crippen LogP contribution in [0.15, 0.2) is 42.5 Å². The largest absolute Gasteiger partial charge is 0.493 e. The van der Waals surface area contributed by atoms with Crippen molar-refractivity contribution in [2.75, 3.05) is 34.0 Å². The number of benzene rings is 2. The molecule has 0 unspecified atom stereocenters. The van der Waals surface area contributed by atoms with Crippen molar-refractivity contribution in [3.63, 3.8) is 0 Å². The van der Waals surface area contributed by atoms with Gasteiger partial charge in [0, 0.05) is 25.8 Å². The molecule has 156 valence electrons. The summed E-state index contributed by atoms with van der Waals surface area (Å²) >= 11 is 0. The zero-order valence-corrected chi connectivity index (χ0v) is 17.3. The SMILES string of the molecule is CCOc1ccc(CN(C)C(=O)c2cccc(OC[C@H]3CCCO3)c2)cc1OC. The summed E-state index contributed by atoms with van der Waals surface area (Å²) in [5.41, 5.74) is 1.56. The first-order valence-corrected chi connectivity index (χ1v) is 10.0. The van der Waals surface area contributed by atoms with Gasteiger partial charge in [-0.05, 0) is 55.7 Å². The number of nitrogens with zero attached hydrogens (tertiary/aromatic N) is 1. The number of hydrogen-bond acceptors (Lipinski definition) is 5. The molecule has 1 amide bonds. The highest BCUT2D eigenvalue weighted by atomic mass is 16.5. The van der Waals surface area contributed by atoms with Crippen LogP contribution < -0.4 is 14.2 Å². The Bertz CT molecular complexity index is 817. The van der Waals surface area contributed by atoms with Crippen molar-refractivity contribution in [1.29, 1.82) is 0 Å². The maximum atomic E-state index is 12.9. The fraction of sp³-hybridized carbons (Fsp3) is 0.435. The van der Waals surface area contributed by atoms with Gasteiger partial charge < -0.3 is 23.8 Å². The fourth-order valence-electron chi connectivity index (χ4n) is 3.34. The van der Waals surface area contributed by atoms with Gasteiger partial charge in [-0.1, -0.05) is 12.1 Å². The normalized spacial score (nSPS) is 15.8. The Balaban J connectivity index is 1.63. The Labute approximate surface area is 172 Å². The van der Waals surface area contributed by atoms with E-state index in [1.54, 1.807) is 31.2 Å². The third-order valence-corrected chi connectivity index (χ3v) is 4.84. The number of carbonyl (C=O) groups excluding carboxylic acids is 1. The summed E-state index contributed by atoms with van der Waals surface area (Å²) in [5, 5.41) is 0. The van der Waals surface area contributed by atoms with E-state index >= 15 is 0 Å². The van der Waals surface area contributed by atoms with Gasteiger partial charge in [0.05, 0.1) is 19.8 Å². The molecule has 29 heavy (non-hydrogen) atoms. The predicted octanol–water partition coefficient (Wildman–Crippen LogP) is 3.92. The highest BCUT2D eigenvalue weighted by Gasteiger charge is 2.17. The zero-order valence-electron chi connectivity index (χ0n) is 17.3. The van der Waals surface area contributed by atoms with Gasteiger partial charge in [-0.15, -0.1) is 0 Å². The predicted molar refractivity (Wildman–Crippen MR) is 111 cm³/mol. The first kappa shape index (κ1) is 21.0. The van der Waals surface area contributed by atoms with E-state index in [9.17, 15) is 4.79 Å². The second-order valence-electron chi connectivity index (χ2n) is 7.05. The van der Waals surface area contributed by atoms with E-state index in [4.69, 9.17) is 18.9 Å². The van der Waals surface area contributed by atoms with Crippen molar-refractivity contribution in [2.45, 2.75) is 32.4 Å². The van der Waals surface area contributed by atoms with Gasteiger partial charge in [0.2, 0.25) is 0 Å². The second kappa shape index (κ2) is 10.2. The van der Waals surface area contributed by atoms with Crippen molar-refractivity contribution in [3.05, 3.63) is 53.6 Å². The Hall–Kier alpha value is -2.73. The minimum Gasteiger partial charge on any atom is -0.493 e. The zero-order chi connectivity index (χ0) is 20.6.